The molecule has 1 aromatic heterocycles. The van der Waals surface area contributed by atoms with E-state index in [2.05, 4.69) is 20.2 Å². The lowest BCUT2D eigenvalue weighted by molar-refractivity contribution is -0.136. The summed E-state index contributed by atoms with van der Waals surface area (Å²) in [6.45, 7) is 4.08. The summed E-state index contributed by atoms with van der Waals surface area (Å²) in [6.07, 6.45) is 5.63. The van der Waals surface area contributed by atoms with Crippen molar-refractivity contribution in [3.63, 3.8) is 0 Å². The molecular weight excluding hydrogens is 282 g/mol. The van der Waals surface area contributed by atoms with E-state index >= 15 is 0 Å². The third-order valence-corrected chi connectivity index (χ3v) is 4.32. The SMILES string of the molecule is CNc1cncc(C2CCCN2CC(=O)N2CCOCC2)n1. The second-order valence-electron chi connectivity index (χ2n) is 5.70. The van der Waals surface area contributed by atoms with Gasteiger partial charge in [-0.2, -0.15) is 0 Å². The molecule has 3 heterocycles. The molecule has 0 spiro atoms. The Morgan fingerprint density at radius 2 is 2.18 bits per heavy atom. The number of rotatable bonds is 4. The molecule has 1 amide bonds. The van der Waals surface area contributed by atoms with Crippen LogP contribution in [-0.2, 0) is 9.53 Å². The van der Waals surface area contributed by atoms with E-state index in [1.165, 1.54) is 0 Å². The lowest BCUT2D eigenvalue weighted by atomic mass is 10.1. The molecular formula is C15H23N5O2. The van der Waals surface area contributed by atoms with Crippen molar-refractivity contribution in [1.82, 2.24) is 19.8 Å². The van der Waals surface area contributed by atoms with Gasteiger partial charge in [-0.25, -0.2) is 4.98 Å². The molecule has 1 N–H and O–H groups in total. The number of carbonyl (C=O) groups is 1. The van der Waals surface area contributed by atoms with E-state index < -0.39 is 0 Å². The van der Waals surface area contributed by atoms with Gasteiger partial charge < -0.3 is 15.0 Å². The molecule has 0 aromatic carbocycles. The first-order valence-corrected chi connectivity index (χ1v) is 7.87. The fourth-order valence-corrected chi connectivity index (χ4v) is 3.10. The maximum atomic E-state index is 12.4. The molecule has 1 aromatic rings. The number of nitrogens with zero attached hydrogens (tertiary/aromatic N) is 4. The Kier molecular flexibility index (Phi) is 4.84. The van der Waals surface area contributed by atoms with Crippen LogP contribution in [0.5, 0.6) is 0 Å². The molecule has 0 bridgehead atoms. The van der Waals surface area contributed by atoms with E-state index in [1.807, 2.05) is 18.1 Å². The van der Waals surface area contributed by atoms with Crippen LogP contribution in [0, 0.1) is 0 Å². The number of hydrogen-bond acceptors (Lipinski definition) is 6. The van der Waals surface area contributed by atoms with E-state index in [0.717, 1.165) is 30.9 Å². The second-order valence-corrected chi connectivity index (χ2v) is 5.70. The van der Waals surface area contributed by atoms with Gasteiger partial charge in [0, 0.05) is 20.1 Å². The van der Waals surface area contributed by atoms with Crippen molar-refractivity contribution in [3.05, 3.63) is 18.1 Å². The summed E-state index contributed by atoms with van der Waals surface area (Å²) in [5.41, 5.74) is 0.944. The fraction of sp³-hybridized carbons (Fsp3) is 0.667. The Labute approximate surface area is 130 Å². The van der Waals surface area contributed by atoms with Crippen LogP contribution >= 0.6 is 0 Å². The number of likely N-dealkylation sites (tertiary alicyclic amines) is 1. The zero-order valence-corrected chi connectivity index (χ0v) is 13.0. The number of aromatic nitrogens is 2. The van der Waals surface area contributed by atoms with Crippen molar-refractivity contribution < 1.29 is 9.53 Å². The number of amides is 1. The number of hydrogen-bond donors (Lipinski definition) is 1. The minimum atomic E-state index is 0.186. The van der Waals surface area contributed by atoms with Crippen molar-refractivity contribution in [2.75, 3.05) is 51.8 Å². The lowest BCUT2D eigenvalue weighted by Crippen LogP contribution is -2.45. The Bertz CT molecular complexity index is 518. The van der Waals surface area contributed by atoms with E-state index in [0.29, 0.717) is 32.8 Å². The van der Waals surface area contributed by atoms with E-state index in [9.17, 15) is 4.79 Å². The molecule has 2 aliphatic rings. The maximum absolute atomic E-state index is 12.4. The highest BCUT2D eigenvalue weighted by Crippen LogP contribution is 2.30. The van der Waals surface area contributed by atoms with Crippen molar-refractivity contribution in [1.29, 1.82) is 0 Å². The van der Waals surface area contributed by atoms with Crippen LogP contribution in [-0.4, -0.2) is 72.1 Å². The first kappa shape index (κ1) is 15.2. The van der Waals surface area contributed by atoms with Gasteiger partial charge in [0.1, 0.15) is 5.82 Å². The summed E-state index contributed by atoms with van der Waals surface area (Å²) in [4.78, 5) is 25.4. The summed E-state index contributed by atoms with van der Waals surface area (Å²) in [5.74, 6) is 0.955. The van der Waals surface area contributed by atoms with Crippen LogP contribution in [0.2, 0.25) is 0 Å². The molecule has 2 aliphatic heterocycles. The number of morpholine rings is 1. The molecule has 2 saturated heterocycles. The second kappa shape index (κ2) is 7.02. The highest BCUT2D eigenvalue weighted by atomic mass is 16.5. The molecule has 1 atom stereocenters. The third kappa shape index (κ3) is 3.36. The van der Waals surface area contributed by atoms with Crippen LogP contribution in [0.4, 0.5) is 5.82 Å². The average molecular weight is 305 g/mol. The zero-order chi connectivity index (χ0) is 15.4. The van der Waals surface area contributed by atoms with Gasteiger partial charge in [0.15, 0.2) is 0 Å². The Morgan fingerprint density at radius 1 is 1.36 bits per heavy atom. The maximum Gasteiger partial charge on any atom is 0.236 e. The van der Waals surface area contributed by atoms with E-state index in [-0.39, 0.29) is 11.9 Å². The number of nitrogens with one attached hydrogen (secondary N) is 1. The van der Waals surface area contributed by atoms with Gasteiger partial charge in [-0.15, -0.1) is 0 Å². The lowest BCUT2D eigenvalue weighted by Gasteiger charge is -2.30. The van der Waals surface area contributed by atoms with Crippen LogP contribution in [0.15, 0.2) is 12.4 Å². The highest BCUT2D eigenvalue weighted by molar-refractivity contribution is 5.78. The van der Waals surface area contributed by atoms with Gasteiger partial charge in [-0.05, 0) is 19.4 Å². The highest BCUT2D eigenvalue weighted by Gasteiger charge is 2.30. The van der Waals surface area contributed by atoms with Crippen LogP contribution in [0.1, 0.15) is 24.6 Å². The molecule has 0 saturated carbocycles. The molecule has 7 heteroatoms. The minimum absolute atomic E-state index is 0.186. The zero-order valence-electron chi connectivity index (χ0n) is 13.0. The molecule has 7 nitrogen and oxygen atoms in total. The summed E-state index contributed by atoms with van der Waals surface area (Å²) >= 11 is 0. The van der Waals surface area contributed by atoms with Gasteiger partial charge in [0.2, 0.25) is 5.91 Å². The molecule has 3 rings (SSSR count). The van der Waals surface area contributed by atoms with Gasteiger partial charge in [-0.1, -0.05) is 0 Å². The monoisotopic (exact) mass is 305 g/mol. The van der Waals surface area contributed by atoms with Crippen molar-refractivity contribution >= 4 is 11.7 Å². The summed E-state index contributed by atoms with van der Waals surface area (Å²) < 4.78 is 5.30. The molecule has 0 aliphatic carbocycles. The standard InChI is InChI=1S/C15H23N5O2/c1-16-14-10-17-9-12(18-14)13-3-2-4-20(13)11-15(21)19-5-7-22-8-6-19/h9-10,13H,2-8,11H2,1H3,(H,16,18). The summed E-state index contributed by atoms with van der Waals surface area (Å²) in [6, 6.07) is 0.186. The van der Waals surface area contributed by atoms with Crippen LogP contribution < -0.4 is 5.32 Å². The minimum Gasteiger partial charge on any atom is -0.378 e. The molecule has 22 heavy (non-hydrogen) atoms. The Morgan fingerprint density at radius 3 is 2.95 bits per heavy atom. The summed E-state index contributed by atoms with van der Waals surface area (Å²) in [7, 11) is 1.84. The van der Waals surface area contributed by atoms with Crippen molar-refractivity contribution in [3.8, 4) is 0 Å². The Hall–Kier alpha value is -1.73. The molecule has 0 radical (unpaired) electrons. The predicted octanol–water partition coefficient (Wildman–Crippen LogP) is 0.514. The van der Waals surface area contributed by atoms with Gasteiger partial charge in [0.05, 0.1) is 43.9 Å². The molecule has 2 fully saturated rings. The van der Waals surface area contributed by atoms with Crippen LogP contribution in [0.3, 0.4) is 0 Å². The van der Waals surface area contributed by atoms with Gasteiger partial charge in [-0.3, -0.25) is 14.7 Å². The summed E-state index contributed by atoms with van der Waals surface area (Å²) in [5, 5.41) is 3.02. The number of ether oxygens (including phenoxy) is 1. The van der Waals surface area contributed by atoms with Crippen molar-refractivity contribution in [2.24, 2.45) is 0 Å². The largest absolute Gasteiger partial charge is 0.378 e. The Balaban J connectivity index is 1.66. The van der Waals surface area contributed by atoms with Crippen LogP contribution in [0.25, 0.3) is 0 Å². The fourth-order valence-electron chi connectivity index (χ4n) is 3.10. The third-order valence-electron chi connectivity index (χ3n) is 4.32. The first-order chi connectivity index (χ1) is 10.8. The van der Waals surface area contributed by atoms with E-state index in [4.69, 9.17) is 4.74 Å². The normalized spacial score (nSPS) is 22.8. The van der Waals surface area contributed by atoms with Crippen molar-refractivity contribution in [2.45, 2.75) is 18.9 Å². The topological polar surface area (TPSA) is 70.6 Å². The quantitative estimate of drug-likeness (QED) is 0.874. The van der Waals surface area contributed by atoms with Gasteiger partial charge >= 0.3 is 0 Å². The first-order valence-electron chi connectivity index (χ1n) is 7.87. The predicted molar refractivity (Wildman–Crippen MR) is 82.5 cm³/mol. The van der Waals surface area contributed by atoms with Gasteiger partial charge in [0.25, 0.3) is 0 Å². The smallest absolute Gasteiger partial charge is 0.236 e. The number of anilines is 1. The average Bonchev–Trinajstić information content (AvgIpc) is 3.04. The molecule has 1 unspecified atom stereocenters. The molecule has 120 valence electrons. The number of carbonyl (C=O) groups excluding carboxylic acids is 1. The van der Waals surface area contributed by atoms with E-state index in [1.54, 1.807) is 6.20 Å².